The average Bonchev–Trinajstić information content (AvgIpc) is 2.63. The Bertz CT molecular complexity index is 533. The standard InChI is InChI=1S/C20H30N2O3/c1-25-20(24)13-5-12-19(23)21-18-11-7-15-22(16-18)14-6-10-17-8-3-2-4-9-17/h2-4,8-9,18H,5-7,10-16H2,1H3,(H,21,23)/t18-/m1/s1. The summed E-state index contributed by atoms with van der Waals surface area (Å²) < 4.78 is 4.59. The number of amides is 1. The molecule has 1 aromatic carbocycles. The zero-order valence-corrected chi connectivity index (χ0v) is 15.2. The van der Waals surface area contributed by atoms with Crippen LogP contribution in [0.15, 0.2) is 30.3 Å². The number of carbonyl (C=O) groups excluding carboxylic acids is 2. The molecular formula is C20H30N2O3. The van der Waals surface area contributed by atoms with Gasteiger partial charge in [0, 0.05) is 25.4 Å². The van der Waals surface area contributed by atoms with Crippen LogP contribution < -0.4 is 5.32 Å². The maximum absolute atomic E-state index is 12.0. The van der Waals surface area contributed by atoms with Crippen LogP contribution in [0.4, 0.5) is 0 Å². The number of benzene rings is 1. The topological polar surface area (TPSA) is 58.6 Å². The molecule has 0 aromatic heterocycles. The Kier molecular flexibility index (Phi) is 8.46. The average molecular weight is 346 g/mol. The van der Waals surface area contributed by atoms with E-state index in [0.717, 1.165) is 45.3 Å². The Labute approximate surface area is 150 Å². The second-order valence-electron chi connectivity index (χ2n) is 6.73. The number of hydrogen-bond acceptors (Lipinski definition) is 4. The molecule has 1 heterocycles. The highest BCUT2D eigenvalue weighted by molar-refractivity contribution is 5.77. The van der Waals surface area contributed by atoms with Gasteiger partial charge in [0.05, 0.1) is 7.11 Å². The summed E-state index contributed by atoms with van der Waals surface area (Å²) in [6, 6.07) is 10.8. The number of hydrogen-bond donors (Lipinski definition) is 1. The zero-order valence-electron chi connectivity index (χ0n) is 15.2. The van der Waals surface area contributed by atoms with Gasteiger partial charge < -0.3 is 15.0 Å². The maximum Gasteiger partial charge on any atom is 0.305 e. The molecule has 5 nitrogen and oxygen atoms in total. The third-order valence-corrected chi connectivity index (χ3v) is 4.67. The number of piperidine rings is 1. The van der Waals surface area contributed by atoms with E-state index in [0.29, 0.717) is 19.3 Å². The third-order valence-electron chi connectivity index (χ3n) is 4.67. The summed E-state index contributed by atoms with van der Waals surface area (Å²) in [7, 11) is 1.37. The van der Waals surface area contributed by atoms with Crippen molar-refractivity contribution in [2.24, 2.45) is 0 Å². The predicted molar refractivity (Wildman–Crippen MR) is 98.2 cm³/mol. The summed E-state index contributed by atoms with van der Waals surface area (Å²) in [5.41, 5.74) is 1.38. The highest BCUT2D eigenvalue weighted by Gasteiger charge is 2.21. The molecule has 0 spiro atoms. The first kappa shape index (κ1) is 19.4. The van der Waals surface area contributed by atoms with Crippen molar-refractivity contribution in [2.45, 2.75) is 51.0 Å². The number of ether oxygens (including phenoxy) is 1. The molecule has 0 aliphatic carbocycles. The SMILES string of the molecule is COC(=O)CCCC(=O)N[C@@H]1CCCN(CCCc2ccccc2)C1. The lowest BCUT2D eigenvalue weighted by atomic mass is 10.0. The lowest BCUT2D eigenvalue weighted by molar-refractivity contribution is -0.140. The molecule has 1 aliphatic rings. The van der Waals surface area contributed by atoms with E-state index < -0.39 is 0 Å². The normalized spacial score (nSPS) is 17.9. The molecule has 25 heavy (non-hydrogen) atoms. The van der Waals surface area contributed by atoms with Gasteiger partial charge in [0.2, 0.25) is 5.91 Å². The van der Waals surface area contributed by atoms with Crippen molar-refractivity contribution in [3.63, 3.8) is 0 Å². The molecule has 1 aliphatic heterocycles. The van der Waals surface area contributed by atoms with E-state index in [1.54, 1.807) is 0 Å². The summed E-state index contributed by atoms with van der Waals surface area (Å²) in [4.78, 5) is 25.5. The summed E-state index contributed by atoms with van der Waals surface area (Å²) in [6.07, 6.45) is 5.65. The number of nitrogens with one attached hydrogen (secondary N) is 1. The van der Waals surface area contributed by atoms with Gasteiger partial charge in [0.1, 0.15) is 0 Å². The van der Waals surface area contributed by atoms with E-state index in [2.05, 4.69) is 39.2 Å². The Morgan fingerprint density at radius 1 is 1.20 bits per heavy atom. The summed E-state index contributed by atoms with van der Waals surface area (Å²) in [6.45, 7) is 3.12. The van der Waals surface area contributed by atoms with Crippen molar-refractivity contribution < 1.29 is 14.3 Å². The molecule has 1 atom stereocenters. The van der Waals surface area contributed by atoms with E-state index in [4.69, 9.17) is 0 Å². The Hall–Kier alpha value is -1.88. The van der Waals surface area contributed by atoms with Gasteiger partial charge in [0.15, 0.2) is 0 Å². The van der Waals surface area contributed by atoms with E-state index in [1.165, 1.54) is 12.7 Å². The maximum atomic E-state index is 12.0. The van der Waals surface area contributed by atoms with Crippen molar-refractivity contribution in [1.29, 1.82) is 0 Å². The second kappa shape index (κ2) is 10.9. The number of rotatable bonds is 9. The minimum atomic E-state index is -0.255. The van der Waals surface area contributed by atoms with Crippen molar-refractivity contribution in [3.8, 4) is 0 Å². The van der Waals surface area contributed by atoms with Crippen LogP contribution in [-0.2, 0) is 20.7 Å². The van der Waals surface area contributed by atoms with Gasteiger partial charge in [-0.05, 0) is 50.8 Å². The highest BCUT2D eigenvalue weighted by atomic mass is 16.5. The fourth-order valence-corrected chi connectivity index (χ4v) is 3.32. The van der Waals surface area contributed by atoms with Crippen LogP contribution in [0.5, 0.6) is 0 Å². The fraction of sp³-hybridized carbons (Fsp3) is 0.600. The van der Waals surface area contributed by atoms with Crippen LogP contribution in [0.1, 0.15) is 44.1 Å². The molecule has 2 rings (SSSR count). The summed E-state index contributed by atoms with van der Waals surface area (Å²) in [5, 5.41) is 3.12. The number of methoxy groups -OCH3 is 1. The fourth-order valence-electron chi connectivity index (χ4n) is 3.32. The van der Waals surface area contributed by atoms with E-state index in [1.807, 2.05) is 6.07 Å². The molecule has 1 fully saturated rings. The van der Waals surface area contributed by atoms with Gasteiger partial charge in [-0.2, -0.15) is 0 Å². The van der Waals surface area contributed by atoms with Crippen LogP contribution >= 0.6 is 0 Å². The van der Waals surface area contributed by atoms with Crippen molar-refractivity contribution in [3.05, 3.63) is 35.9 Å². The Morgan fingerprint density at radius 3 is 2.76 bits per heavy atom. The number of likely N-dealkylation sites (tertiary alicyclic amines) is 1. The van der Waals surface area contributed by atoms with Gasteiger partial charge in [0.25, 0.3) is 0 Å². The van der Waals surface area contributed by atoms with E-state index in [-0.39, 0.29) is 17.9 Å². The van der Waals surface area contributed by atoms with Gasteiger partial charge in [-0.3, -0.25) is 9.59 Å². The molecular weight excluding hydrogens is 316 g/mol. The lowest BCUT2D eigenvalue weighted by Gasteiger charge is -2.33. The molecule has 1 saturated heterocycles. The largest absolute Gasteiger partial charge is 0.469 e. The smallest absolute Gasteiger partial charge is 0.305 e. The lowest BCUT2D eigenvalue weighted by Crippen LogP contribution is -2.47. The number of nitrogens with zero attached hydrogens (tertiary/aromatic N) is 1. The Balaban J connectivity index is 1.62. The van der Waals surface area contributed by atoms with Crippen LogP contribution in [0.25, 0.3) is 0 Å². The van der Waals surface area contributed by atoms with Crippen LogP contribution in [0, 0.1) is 0 Å². The molecule has 0 saturated carbocycles. The summed E-state index contributed by atoms with van der Waals surface area (Å²) in [5.74, 6) is -0.213. The predicted octanol–water partition coefficient (Wildman–Crippen LogP) is 2.54. The first-order valence-electron chi connectivity index (χ1n) is 9.30. The molecule has 0 radical (unpaired) electrons. The first-order valence-corrected chi connectivity index (χ1v) is 9.30. The highest BCUT2D eigenvalue weighted by Crippen LogP contribution is 2.12. The van der Waals surface area contributed by atoms with Gasteiger partial charge in [-0.15, -0.1) is 0 Å². The monoisotopic (exact) mass is 346 g/mol. The molecule has 1 N–H and O–H groups in total. The molecule has 0 unspecified atom stereocenters. The van der Waals surface area contributed by atoms with Crippen LogP contribution in [0.3, 0.4) is 0 Å². The zero-order chi connectivity index (χ0) is 17.9. The van der Waals surface area contributed by atoms with Crippen molar-refractivity contribution in [2.75, 3.05) is 26.7 Å². The van der Waals surface area contributed by atoms with Gasteiger partial charge >= 0.3 is 5.97 Å². The number of carbonyl (C=O) groups is 2. The second-order valence-corrected chi connectivity index (χ2v) is 6.73. The third kappa shape index (κ3) is 7.69. The molecule has 1 amide bonds. The quantitative estimate of drug-likeness (QED) is 0.698. The van der Waals surface area contributed by atoms with E-state index >= 15 is 0 Å². The van der Waals surface area contributed by atoms with Crippen LogP contribution in [-0.4, -0.2) is 49.6 Å². The summed E-state index contributed by atoms with van der Waals surface area (Å²) >= 11 is 0. The minimum Gasteiger partial charge on any atom is -0.469 e. The molecule has 1 aromatic rings. The minimum absolute atomic E-state index is 0.0417. The number of esters is 1. The molecule has 0 bridgehead atoms. The molecule has 5 heteroatoms. The van der Waals surface area contributed by atoms with Gasteiger partial charge in [-0.1, -0.05) is 30.3 Å². The number of aryl methyl sites for hydroxylation is 1. The van der Waals surface area contributed by atoms with Gasteiger partial charge in [-0.25, -0.2) is 0 Å². The first-order chi connectivity index (χ1) is 12.2. The van der Waals surface area contributed by atoms with Crippen molar-refractivity contribution in [1.82, 2.24) is 10.2 Å². The van der Waals surface area contributed by atoms with Crippen LogP contribution in [0.2, 0.25) is 0 Å². The Morgan fingerprint density at radius 2 is 2.00 bits per heavy atom. The molecule has 138 valence electrons. The van der Waals surface area contributed by atoms with E-state index in [9.17, 15) is 9.59 Å². The van der Waals surface area contributed by atoms with Crippen molar-refractivity contribution >= 4 is 11.9 Å².